The van der Waals surface area contributed by atoms with Crippen molar-refractivity contribution in [2.24, 2.45) is 5.73 Å². The molecule has 0 bridgehead atoms. The number of halogens is 3. The van der Waals surface area contributed by atoms with E-state index in [9.17, 15) is 22.8 Å². The summed E-state index contributed by atoms with van der Waals surface area (Å²) < 4.78 is 46.4. The number of primary amides is 1. The van der Waals surface area contributed by atoms with Crippen molar-refractivity contribution in [2.45, 2.75) is 51.4 Å². The monoisotopic (exact) mass is 517 g/mol. The molecule has 1 atom stereocenters. The molecule has 0 unspecified atom stereocenters. The van der Waals surface area contributed by atoms with Crippen LogP contribution in [0.5, 0.6) is 0 Å². The number of carbonyl (C=O) groups is 2. The van der Waals surface area contributed by atoms with Crippen LogP contribution in [-0.2, 0) is 10.9 Å². The van der Waals surface area contributed by atoms with Crippen molar-refractivity contribution < 1.29 is 27.5 Å². The number of hydrogen-bond donors (Lipinski definition) is 2. The third kappa shape index (κ3) is 5.87. The Morgan fingerprint density at radius 3 is 2.59 bits per heavy atom. The zero-order valence-corrected chi connectivity index (χ0v) is 20.5. The summed E-state index contributed by atoms with van der Waals surface area (Å²) in [5.74, 6) is -0.688. The van der Waals surface area contributed by atoms with Gasteiger partial charge in [0.2, 0.25) is 0 Å². The fourth-order valence-corrected chi connectivity index (χ4v) is 4.09. The first-order chi connectivity index (χ1) is 17.3. The summed E-state index contributed by atoms with van der Waals surface area (Å²) in [5.41, 5.74) is 3.33. The molecule has 0 aliphatic carbocycles. The van der Waals surface area contributed by atoms with E-state index in [1.54, 1.807) is 25.7 Å². The van der Waals surface area contributed by atoms with Gasteiger partial charge >= 0.3 is 12.3 Å². The lowest BCUT2D eigenvalue weighted by molar-refractivity contribution is -0.140. The highest BCUT2D eigenvalue weighted by molar-refractivity contribution is 6.06. The Labute approximate surface area is 210 Å². The molecule has 2 amide bonds. The molecular weight excluding hydrogens is 491 g/mol. The maximum Gasteiger partial charge on any atom is 0.434 e. The van der Waals surface area contributed by atoms with Crippen molar-refractivity contribution in [1.29, 1.82) is 0 Å². The van der Waals surface area contributed by atoms with Gasteiger partial charge in [0.25, 0.3) is 5.91 Å². The number of piperidine rings is 1. The summed E-state index contributed by atoms with van der Waals surface area (Å²) in [6.45, 7) is 6.17. The predicted octanol–water partition coefficient (Wildman–Crippen LogP) is 4.02. The number of nitrogens with zero attached hydrogens (tertiary/aromatic N) is 5. The smallest absolute Gasteiger partial charge is 0.434 e. The topological polar surface area (TPSA) is 136 Å². The highest BCUT2D eigenvalue weighted by Gasteiger charge is 2.36. The van der Waals surface area contributed by atoms with E-state index in [2.05, 4.69) is 25.3 Å². The number of carbonyl (C=O) groups excluding carboxylic acids is 2. The molecule has 3 aromatic rings. The number of anilines is 1. The standard InChI is InChI=1S/C24H26F3N7O3/c1-23(2,3)37-22(36)34-9-5-6-13(11-34)32-21-18-17(30-12-31-21)15(20(28)35)10-16(33-18)14-7-4-8-29-19(14)24(25,26)27/h4,7-8,10,12-13H,5-6,9,11H2,1-3H3,(H2,28,35)(H,30,31,32)/t13-/m0/s1. The van der Waals surface area contributed by atoms with Crippen LogP contribution in [0.25, 0.3) is 22.3 Å². The average Bonchev–Trinajstić information content (AvgIpc) is 2.82. The maximum atomic E-state index is 13.6. The highest BCUT2D eigenvalue weighted by atomic mass is 19.4. The third-order valence-corrected chi connectivity index (χ3v) is 5.62. The molecular formula is C24H26F3N7O3. The molecule has 13 heteroatoms. The summed E-state index contributed by atoms with van der Waals surface area (Å²) in [6, 6.07) is 3.46. The first kappa shape index (κ1) is 26.0. The zero-order valence-electron chi connectivity index (χ0n) is 20.5. The van der Waals surface area contributed by atoms with Gasteiger partial charge in [0, 0.05) is 30.9 Å². The van der Waals surface area contributed by atoms with E-state index in [4.69, 9.17) is 10.5 Å². The fraction of sp³-hybridized carbons (Fsp3) is 0.417. The Morgan fingerprint density at radius 2 is 1.92 bits per heavy atom. The Hall–Kier alpha value is -4.03. The van der Waals surface area contributed by atoms with E-state index in [1.807, 2.05) is 0 Å². The fourth-order valence-electron chi connectivity index (χ4n) is 4.09. The van der Waals surface area contributed by atoms with Gasteiger partial charge in [0.05, 0.1) is 11.3 Å². The molecule has 1 fully saturated rings. The van der Waals surface area contributed by atoms with Gasteiger partial charge < -0.3 is 20.7 Å². The van der Waals surface area contributed by atoms with Crippen molar-refractivity contribution in [1.82, 2.24) is 24.8 Å². The molecule has 1 aliphatic rings. The van der Waals surface area contributed by atoms with Gasteiger partial charge in [0.15, 0.2) is 11.5 Å². The lowest BCUT2D eigenvalue weighted by Gasteiger charge is -2.34. The van der Waals surface area contributed by atoms with Gasteiger partial charge in [-0.3, -0.25) is 9.78 Å². The van der Waals surface area contributed by atoms with Crippen LogP contribution in [0.4, 0.5) is 23.8 Å². The van der Waals surface area contributed by atoms with Crippen molar-refractivity contribution in [3.05, 3.63) is 42.0 Å². The number of aromatic nitrogens is 4. The molecule has 3 N–H and O–H groups in total. The number of amides is 2. The van der Waals surface area contributed by atoms with Crippen LogP contribution in [-0.4, -0.2) is 61.6 Å². The van der Waals surface area contributed by atoms with Crippen LogP contribution in [0.2, 0.25) is 0 Å². The SMILES string of the molecule is CC(C)(C)OC(=O)N1CCC[C@H](Nc2ncnc3c(C(N)=O)cc(-c4cccnc4C(F)(F)F)nc23)C1. The third-order valence-electron chi connectivity index (χ3n) is 5.62. The quantitative estimate of drug-likeness (QED) is 0.530. The average molecular weight is 518 g/mol. The van der Waals surface area contributed by atoms with Crippen LogP contribution in [0.3, 0.4) is 0 Å². The maximum absolute atomic E-state index is 13.6. The first-order valence-electron chi connectivity index (χ1n) is 11.6. The Balaban J connectivity index is 1.73. The normalized spacial score (nSPS) is 16.5. The number of hydrogen-bond acceptors (Lipinski definition) is 8. The Morgan fingerprint density at radius 1 is 1.16 bits per heavy atom. The van der Waals surface area contributed by atoms with E-state index in [0.717, 1.165) is 6.20 Å². The summed E-state index contributed by atoms with van der Waals surface area (Å²) in [7, 11) is 0. The molecule has 1 saturated heterocycles. The van der Waals surface area contributed by atoms with Crippen LogP contribution in [0.15, 0.2) is 30.7 Å². The number of nitrogens with one attached hydrogen (secondary N) is 1. The summed E-state index contributed by atoms with van der Waals surface area (Å²) >= 11 is 0. The zero-order chi connectivity index (χ0) is 27.0. The summed E-state index contributed by atoms with van der Waals surface area (Å²) in [5, 5.41) is 3.21. The van der Waals surface area contributed by atoms with Crippen LogP contribution in [0, 0.1) is 0 Å². The van der Waals surface area contributed by atoms with Crippen LogP contribution < -0.4 is 11.1 Å². The second-order valence-corrected chi connectivity index (χ2v) is 9.65. The number of alkyl halides is 3. The van der Waals surface area contributed by atoms with Gasteiger partial charge in [0.1, 0.15) is 23.0 Å². The predicted molar refractivity (Wildman–Crippen MR) is 129 cm³/mol. The van der Waals surface area contributed by atoms with Gasteiger partial charge in [-0.2, -0.15) is 13.2 Å². The van der Waals surface area contributed by atoms with Crippen molar-refractivity contribution in [3.63, 3.8) is 0 Å². The summed E-state index contributed by atoms with van der Waals surface area (Å²) in [6.07, 6.45) is -1.58. The summed E-state index contributed by atoms with van der Waals surface area (Å²) in [4.78, 5) is 42.6. The minimum atomic E-state index is -4.75. The van der Waals surface area contributed by atoms with Crippen LogP contribution >= 0.6 is 0 Å². The van der Waals surface area contributed by atoms with Crippen molar-refractivity contribution in [2.75, 3.05) is 18.4 Å². The lowest BCUT2D eigenvalue weighted by Crippen LogP contribution is -2.47. The van der Waals surface area contributed by atoms with Crippen molar-refractivity contribution in [3.8, 4) is 11.3 Å². The molecule has 4 rings (SSSR count). The number of pyridine rings is 2. The molecule has 37 heavy (non-hydrogen) atoms. The second-order valence-electron chi connectivity index (χ2n) is 9.65. The number of likely N-dealkylation sites (tertiary alicyclic amines) is 1. The van der Waals surface area contributed by atoms with Gasteiger partial charge in [-0.25, -0.2) is 19.7 Å². The molecule has 0 saturated carbocycles. The van der Waals surface area contributed by atoms with E-state index in [0.29, 0.717) is 25.9 Å². The molecule has 0 spiro atoms. The molecule has 196 valence electrons. The minimum absolute atomic E-state index is 0.0696. The van der Waals surface area contributed by atoms with E-state index < -0.39 is 29.5 Å². The molecule has 4 heterocycles. The van der Waals surface area contributed by atoms with E-state index >= 15 is 0 Å². The van der Waals surface area contributed by atoms with Crippen LogP contribution in [0.1, 0.15) is 49.7 Å². The Kier molecular flexibility index (Phi) is 6.89. The number of ether oxygens (including phenoxy) is 1. The highest BCUT2D eigenvalue weighted by Crippen LogP contribution is 2.36. The van der Waals surface area contributed by atoms with E-state index in [-0.39, 0.29) is 39.7 Å². The first-order valence-corrected chi connectivity index (χ1v) is 11.6. The molecule has 3 aromatic heterocycles. The lowest BCUT2D eigenvalue weighted by atomic mass is 10.0. The number of rotatable bonds is 4. The largest absolute Gasteiger partial charge is 0.444 e. The van der Waals surface area contributed by atoms with Gasteiger partial charge in [-0.1, -0.05) is 0 Å². The second kappa shape index (κ2) is 9.79. The van der Waals surface area contributed by atoms with E-state index in [1.165, 1.54) is 24.5 Å². The molecule has 0 radical (unpaired) electrons. The molecule has 10 nitrogen and oxygen atoms in total. The number of nitrogens with two attached hydrogens (primary N) is 1. The minimum Gasteiger partial charge on any atom is -0.444 e. The molecule has 1 aliphatic heterocycles. The van der Waals surface area contributed by atoms with Crippen molar-refractivity contribution >= 4 is 28.9 Å². The van der Waals surface area contributed by atoms with Gasteiger partial charge in [-0.05, 0) is 51.8 Å². The van der Waals surface area contributed by atoms with Gasteiger partial charge in [-0.15, -0.1) is 0 Å². The number of fused-ring (bicyclic) bond motifs is 1. The molecule has 0 aromatic carbocycles. The Bertz CT molecular complexity index is 1340.